The fraction of sp³-hybridized carbons (Fsp3) is 0.632. The number of carbonyl (C=O) groups excluding carboxylic acids is 1. The lowest BCUT2D eigenvalue weighted by Gasteiger charge is -2.11. The first-order valence-electron chi connectivity index (χ1n) is 8.66. The summed E-state index contributed by atoms with van der Waals surface area (Å²) >= 11 is 0. The van der Waals surface area contributed by atoms with Gasteiger partial charge in [0.05, 0.1) is 18.8 Å². The second kappa shape index (κ2) is 12.1. The van der Waals surface area contributed by atoms with Crippen LogP contribution in [0.3, 0.4) is 0 Å². The highest BCUT2D eigenvalue weighted by molar-refractivity contribution is 5.79. The lowest BCUT2D eigenvalue weighted by molar-refractivity contribution is 0.111. The summed E-state index contributed by atoms with van der Waals surface area (Å²) in [5.41, 5.74) is 0.592. The molecule has 22 heavy (non-hydrogen) atoms. The molecule has 0 unspecified atom stereocenters. The van der Waals surface area contributed by atoms with Gasteiger partial charge < -0.3 is 9.47 Å². The van der Waals surface area contributed by atoms with E-state index < -0.39 is 0 Å². The van der Waals surface area contributed by atoms with Crippen molar-refractivity contribution in [2.45, 2.75) is 65.2 Å². The van der Waals surface area contributed by atoms with Crippen molar-refractivity contribution in [3.05, 3.63) is 23.8 Å². The molecule has 0 radical (unpaired) electrons. The third-order valence-electron chi connectivity index (χ3n) is 3.63. The molecular formula is C19H30O3. The van der Waals surface area contributed by atoms with Crippen molar-refractivity contribution >= 4 is 6.29 Å². The molecule has 0 bridgehead atoms. The van der Waals surface area contributed by atoms with Gasteiger partial charge in [0.2, 0.25) is 0 Å². The Balaban J connectivity index is 2.44. The maximum absolute atomic E-state index is 11.1. The Morgan fingerprint density at radius 2 is 1.50 bits per heavy atom. The minimum absolute atomic E-state index is 0.592. The molecule has 3 nitrogen and oxygen atoms in total. The zero-order valence-corrected chi connectivity index (χ0v) is 14.1. The van der Waals surface area contributed by atoms with Crippen LogP contribution in [0, 0.1) is 0 Å². The van der Waals surface area contributed by atoms with Gasteiger partial charge in [-0.2, -0.15) is 0 Å². The minimum atomic E-state index is 0.592. The number of aldehydes is 1. The molecule has 0 fully saturated rings. The number of carbonyl (C=O) groups is 1. The van der Waals surface area contributed by atoms with Crippen LogP contribution in [0.1, 0.15) is 75.6 Å². The molecule has 0 amide bonds. The van der Waals surface area contributed by atoms with Gasteiger partial charge in [-0.25, -0.2) is 0 Å². The van der Waals surface area contributed by atoms with E-state index in [9.17, 15) is 4.79 Å². The van der Waals surface area contributed by atoms with E-state index in [4.69, 9.17) is 9.47 Å². The number of hydrogen-bond acceptors (Lipinski definition) is 3. The zero-order chi connectivity index (χ0) is 16.0. The van der Waals surface area contributed by atoms with Crippen LogP contribution < -0.4 is 9.47 Å². The van der Waals surface area contributed by atoms with Crippen LogP contribution >= 0.6 is 0 Å². The van der Waals surface area contributed by atoms with Gasteiger partial charge in [0, 0.05) is 6.07 Å². The quantitative estimate of drug-likeness (QED) is 0.361. The average Bonchev–Trinajstić information content (AvgIpc) is 2.54. The minimum Gasteiger partial charge on any atom is -0.493 e. The summed E-state index contributed by atoms with van der Waals surface area (Å²) in [6.07, 6.45) is 10.2. The molecule has 0 saturated carbocycles. The Morgan fingerprint density at radius 1 is 0.864 bits per heavy atom. The zero-order valence-electron chi connectivity index (χ0n) is 14.1. The Labute approximate surface area is 135 Å². The summed E-state index contributed by atoms with van der Waals surface area (Å²) in [5.74, 6) is 1.42. The fourth-order valence-electron chi connectivity index (χ4n) is 2.26. The van der Waals surface area contributed by atoms with E-state index in [1.807, 2.05) is 12.1 Å². The Kier molecular flexibility index (Phi) is 10.2. The molecule has 0 aliphatic heterocycles. The van der Waals surface area contributed by atoms with Crippen molar-refractivity contribution in [3.8, 4) is 11.5 Å². The van der Waals surface area contributed by atoms with Crippen molar-refractivity contribution in [2.75, 3.05) is 13.2 Å². The number of benzene rings is 1. The SMILES string of the molecule is CCCCCCOc1ccc(C=O)c(OCCCCCC)c1. The van der Waals surface area contributed by atoms with Crippen LogP contribution in [0.25, 0.3) is 0 Å². The van der Waals surface area contributed by atoms with Crippen LogP contribution in [0.5, 0.6) is 11.5 Å². The summed E-state index contributed by atoms with van der Waals surface area (Å²) in [6.45, 7) is 5.76. The highest BCUT2D eigenvalue weighted by Crippen LogP contribution is 2.24. The second-order valence-corrected chi connectivity index (χ2v) is 5.64. The maximum atomic E-state index is 11.1. The molecule has 0 aromatic heterocycles. The molecule has 0 N–H and O–H groups in total. The molecule has 124 valence electrons. The molecular weight excluding hydrogens is 276 g/mol. The second-order valence-electron chi connectivity index (χ2n) is 5.64. The average molecular weight is 306 g/mol. The van der Waals surface area contributed by atoms with Crippen LogP contribution in [-0.4, -0.2) is 19.5 Å². The largest absolute Gasteiger partial charge is 0.493 e. The Morgan fingerprint density at radius 3 is 2.09 bits per heavy atom. The summed E-state index contributed by atoms with van der Waals surface area (Å²) in [6, 6.07) is 5.45. The molecule has 0 saturated heterocycles. The van der Waals surface area contributed by atoms with Crippen LogP contribution in [0.15, 0.2) is 18.2 Å². The lowest BCUT2D eigenvalue weighted by atomic mass is 10.2. The summed E-state index contributed by atoms with van der Waals surface area (Å²) in [4.78, 5) is 11.1. The summed E-state index contributed by atoms with van der Waals surface area (Å²) in [5, 5.41) is 0. The van der Waals surface area contributed by atoms with E-state index in [0.717, 1.165) is 31.5 Å². The molecule has 0 atom stereocenters. The van der Waals surface area contributed by atoms with Crippen LogP contribution in [0.4, 0.5) is 0 Å². The van der Waals surface area contributed by atoms with Crippen LogP contribution in [-0.2, 0) is 0 Å². The molecule has 1 aromatic rings. The van der Waals surface area contributed by atoms with Crippen molar-refractivity contribution < 1.29 is 14.3 Å². The maximum Gasteiger partial charge on any atom is 0.153 e. The van der Waals surface area contributed by atoms with E-state index in [2.05, 4.69) is 13.8 Å². The van der Waals surface area contributed by atoms with E-state index in [0.29, 0.717) is 17.9 Å². The monoisotopic (exact) mass is 306 g/mol. The first kappa shape index (κ1) is 18.5. The normalized spacial score (nSPS) is 10.5. The van der Waals surface area contributed by atoms with Gasteiger partial charge in [-0.05, 0) is 25.0 Å². The molecule has 0 aliphatic rings. The molecule has 0 aliphatic carbocycles. The fourth-order valence-corrected chi connectivity index (χ4v) is 2.26. The van der Waals surface area contributed by atoms with Crippen molar-refractivity contribution in [2.24, 2.45) is 0 Å². The van der Waals surface area contributed by atoms with Gasteiger partial charge in [-0.15, -0.1) is 0 Å². The van der Waals surface area contributed by atoms with E-state index in [1.54, 1.807) is 6.07 Å². The predicted molar refractivity (Wildman–Crippen MR) is 91.1 cm³/mol. The smallest absolute Gasteiger partial charge is 0.153 e. The summed E-state index contributed by atoms with van der Waals surface area (Å²) in [7, 11) is 0. The molecule has 3 heteroatoms. The van der Waals surface area contributed by atoms with Crippen molar-refractivity contribution in [3.63, 3.8) is 0 Å². The standard InChI is InChI=1S/C19H30O3/c1-3-5-7-9-13-21-18-12-11-17(16-20)19(15-18)22-14-10-8-6-4-2/h11-12,15-16H,3-10,13-14H2,1-2H3. The number of unbranched alkanes of at least 4 members (excludes halogenated alkanes) is 6. The number of hydrogen-bond donors (Lipinski definition) is 0. The third-order valence-corrected chi connectivity index (χ3v) is 3.63. The van der Waals surface area contributed by atoms with E-state index >= 15 is 0 Å². The third kappa shape index (κ3) is 7.48. The molecule has 0 heterocycles. The number of rotatable bonds is 13. The first-order chi connectivity index (χ1) is 10.8. The van der Waals surface area contributed by atoms with E-state index in [1.165, 1.54) is 38.5 Å². The van der Waals surface area contributed by atoms with Crippen LogP contribution in [0.2, 0.25) is 0 Å². The Bertz CT molecular complexity index is 415. The highest BCUT2D eigenvalue weighted by atomic mass is 16.5. The van der Waals surface area contributed by atoms with Gasteiger partial charge in [0.1, 0.15) is 11.5 Å². The molecule has 0 spiro atoms. The van der Waals surface area contributed by atoms with Crippen molar-refractivity contribution in [1.29, 1.82) is 0 Å². The van der Waals surface area contributed by atoms with Gasteiger partial charge in [0.15, 0.2) is 6.29 Å². The molecule has 1 aromatic carbocycles. The molecule has 1 rings (SSSR count). The first-order valence-corrected chi connectivity index (χ1v) is 8.66. The van der Waals surface area contributed by atoms with Gasteiger partial charge in [-0.1, -0.05) is 52.4 Å². The highest BCUT2D eigenvalue weighted by Gasteiger charge is 2.05. The van der Waals surface area contributed by atoms with Crippen molar-refractivity contribution in [1.82, 2.24) is 0 Å². The Hall–Kier alpha value is -1.51. The van der Waals surface area contributed by atoms with Gasteiger partial charge >= 0.3 is 0 Å². The van der Waals surface area contributed by atoms with E-state index in [-0.39, 0.29) is 0 Å². The van der Waals surface area contributed by atoms with Gasteiger partial charge in [-0.3, -0.25) is 4.79 Å². The number of ether oxygens (including phenoxy) is 2. The lowest BCUT2D eigenvalue weighted by Crippen LogP contribution is -2.02. The van der Waals surface area contributed by atoms with Gasteiger partial charge in [0.25, 0.3) is 0 Å². The predicted octanol–water partition coefficient (Wildman–Crippen LogP) is 5.42. The summed E-state index contributed by atoms with van der Waals surface area (Å²) < 4.78 is 11.5. The topological polar surface area (TPSA) is 35.5 Å².